The zero-order valence-electron chi connectivity index (χ0n) is 11.0. The molecule has 1 amide bonds. The highest BCUT2D eigenvalue weighted by Crippen LogP contribution is 2.25. The van der Waals surface area contributed by atoms with E-state index >= 15 is 0 Å². The minimum Gasteiger partial charge on any atom is -0.496 e. The lowest BCUT2D eigenvalue weighted by Gasteiger charge is -2.12. The zero-order valence-corrected chi connectivity index (χ0v) is 11.8. The van der Waals surface area contributed by atoms with Gasteiger partial charge >= 0.3 is 0 Å². The maximum atomic E-state index is 11.2. The minimum absolute atomic E-state index is 0.414. The van der Waals surface area contributed by atoms with Gasteiger partial charge in [-0.3, -0.25) is 4.79 Å². The predicted molar refractivity (Wildman–Crippen MR) is 80.3 cm³/mol. The maximum Gasteiger partial charge on any atom is 0.248 e. The van der Waals surface area contributed by atoms with Gasteiger partial charge in [0.2, 0.25) is 5.91 Å². The quantitative estimate of drug-likeness (QED) is 0.889. The number of nitrogens with one attached hydrogen (secondary N) is 1. The van der Waals surface area contributed by atoms with Crippen LogP contribution in [0.2, 0.25) is 5.02 Å². The summed E-state index contributed by atoms with van der Waals surface area (Å²) < 4.78 is 5.28. The van der Waals surface area contributed by atoms with Crippen molar-refractivity contribution in [2.75, 3.05) is 12.4 Å². The van der Waals surface area contributed by atoms with Crippen LogP contribution < -0.4 is 15.8 Å². The maximum absolute atomic E-state index is 11.2. The van der Waals surface area contributed by atoms with Crippen LogP contribution in [-0.2, 0) is 6.54 Å². The molecule has 0 aliphatic rings. The number of hydrogen-bond donors (Lipinski definition) is 2. The fraction of sp³-hybridized carbons (Fsp3) is 0.133. The van der Waals surface area contributed by atoms with Crippen molar-refractivity contribution < 1.29 is 9.53 Å². The lowest BCUT2D eigenvalue weighted by Crippen LogP contribution is -2.11. The summed E-state index contributed by atoms with van der Waals surface area (Å²) in [6.07, 6.45) is 0. The normalized spacial score (nSPS) is 10.1. The first-order valence-corrected chi connectivity index (χ1v) is 6.44. The summed E-state index contributed by atoms with van der Waals surface area (Å²) in [6, 6.07) is 12.6. The Labute approximate surface area is 122 Å². The van der Waals surface area contributed by atoms with E-state index in [0.717, 1.165) is 11.3 Å². The monoisotopic (exact) mass is 290 g/mol. The lowest BCUT2D eigenvalue weighted by atomic mass is 10.1. The highest BCUT2D eigenvalue weighted by molar-refractivity contribution is 6.33. The standard InChI is InChI=1S/C15H15ClN2O2/c1-20-14-5-3-2-4-11(14)9-18-13-8-10(15(17)19)6-7-12(13)16/h2-8,18H,9H2,1H3,(H2,17,19). The first kappa shape index (κ1) is 14.2. The van der Waals surface area contributed by atoms with Crippen LogP contribution >= 0.6 is 11.6 Å². The van der Waals surface area contributed by atoms with Gasteiger partial charge in [-0.25, -0.2) is 0 Å². The van der Waals surface area contributed by atoms with Gasteiger partial charge in [0.15, 0.2) is 0 Å². The van der Waals surface area contributed by atoms with E-state index in [2.05, 4.69) is 5.32 Å². The van der Waals surface area contributed by atoms with Crippen molar-refractivity contribution in [2.45, 2.75) is 6.54 Å². The molecule has 0 aliphatic heterocycles. The number of carbonyl (C=O) groups excluding carboxylic acids is 1. The van der Waals surface area contributed by atoms with Crippen molar-refractivity contribution in [3.8, 4) is 5.75 Å². The van der Waals surface area contributed by atoms with Crippen LogP contribution in [0.3, 0.4) is 0 Å². The molecular weight excluding hydrogens is 276 g/mol. The third-order valence-electron chi connectivity index (χ3n) is 2.91. The molecule has 2 aromatic rings. The summed E-state index contributed by atoms with van der Waals surface area (Å²) in [4.78, 5) is 11.2. The van der Waals surface area contributed by atoms with Gasteiger partial charge in [0, 0.05) is 17.7 Å². The Bertz CT molecular complexity index is 629. The van der Waals surface area contributed by atoms with Gasteiger partial charge < -0.3 is 15.8 Å². The topological polar surface area (TPSA) is 64.3 Å². The average Bonchev–Trinajstić information content (AvgIpc) is 2.46. The van der Waals surface area contributed by atoms with Crippen LogP contribution in [0.4, 0.5) is 5.69 Å². The van der Waals surface area contributed by atoms with Gasteiger partial charge in [-0.2, -0.15) is 0 Å². The number of benzene rings is 2. The van der Waals surface area contributed by atoms with E-state index in [1.807, 2.05) is 24.3 Å². The number of primary amides is 1. The second kappa shape index (κ2) is 6.30. The number of halogens is 1. The van der Waals surface area contributed by atoms with Gasteiger partial charge in [0.25, 0.3) is 0 Å². The van der Waals surface area contributed by atoms with Crippen LogP contribution in [0.25, 0.3) is 0 Å². The van der Waals surface area contributed by atoms with Gasteiger partial charge in [0.05, 0.1) is 17.8 Å². The second-order valence-electron chi connectivity index (χ2n) is 4.22. The van der Waals surface area contributed by atoms with Crippen molar-refractivity contribution in [3.05, 3.63) is 58.6 Å². The first-order chi connectivity index (χ1) is 9.61. The number of amides is 1. The molecule has 0 saturated heterocycles. The highest BCUT2D eigenvalue weighted by atomic mass is 35.5. The van der Waals surface area contributed by atoms with E-state index in [0.29, 0.717) is 22.8 Å². The highest BCUT2D eigenvalue weighted by Gasteiger charge is 2.07. The van der Waals surface area contributed by atoms with E-state index in [4.69, 9.17) is 22.1 Å². The Morgan fingerprint density at radius 2 is 2.05 bits per heavy atom. The Morgan fingerprint density at radius 3 is 2.75 bits per heavy atom. The SMILES string of the molecule is COc1ccccc1CNc1cc(C(N)=O)ccc1Cl. The molecule has 0 fully saturated rings. The zero-order chi connectivity index (χ0) is 14.5. The van der Waals surface area contributed by atoms with Crippen molar-refractivity contribution in [3.63, 3.8) is 0 Å². The molecule has 0 spiro atoms. The average molecular weight is 291 g/mol. The van der Waals surface area contributed by atoms with Crippen LogP contribution in [0.5, 0.6) is 5.75 Å². The van der Waals surface area contributed by atoms with Gasteiger partial charge in [-0.1, -0.05) is 29.8 Å². The fourth-order valence-corrected chi connectivity index (χ4v) is 2.04. The van der Waals surface area contributed by atoms with E-state index in [1.54, 1.807) is 25.3 Å². The molecule has 2 aromatic carbocycles. The number of para-hydroxylation sites is 1. The Hall–Kier alpha value is -2.20. The molecular formula is C15H15ClN2O2. The number of methoxy groups -OCH3 is 1. The van der Waals surface area contributed by atoms with E-state index in [9.17, 15) is 4.79 Å². The van der Waals surface area contributed by atoms with Crippen LogP contribution in [0.15, 0.2) is 42.5 Å². The summed E-state index contributed by atoms with van der Waals surface area (Å²) in [5.74, 6) is 0.309. The van der Waals surface area contributed by atoms with Crippen molar-refractivity contribution >= 4 is 23.2 Å². The van der Waals surface area contributed by atoms with Gasteiger partial charge in [-0.15, -0.1) is 0 Å². The first-order valence-electron chi connectivity index (χ1n) is 6.07. The fourth-order valence-electron chi connectivity index (χ4n) is 1.85. The molecule has 0 heterocycles. The number of ether oxygens (including phenoxy) is 1. The van der Waals surface area contributed by atoms with E-state index in [-0.39, 0.29) is 0 Å². The molecule has 2 rings (SSSR count). The molecule has 4 nitrogen and oxygen atoms in total. The van der Waals surface area contributed by atoms with E-state index in [1.165, 1.54) is 0 Å². The number of anilines is 1. The molecule has 104 valence electrons. The van der Waals surface area contributed by atoms with Crippen LogP contribution in [-0.4, -0.2) is 13.0 Å². The van der Waals surface area contributed by atoms with Gasteiger partial charge in [-0.05, 0) is 24.3 Å². The number of nitrogens with two attached hydrogens (primary N) is 1. The van der Waals surface area contributed by atoms with E-state index < -0.39 is 5.91 Å². The minimum atomic E-state index is -0.484. The van der Waals surface area contributed by atoms with Gasteiger partial charge in [0.1, 0.15) is 5.75 Å². The molecule has 0 bridgehead atoms. The number of hydrogen-bond acceptors (Lipinski definition) is 3. The molecule has 0 aromatic heterocycles. The summed E-state index contributed by atoms with van der Waals surface area (Å²) >= 11 is 6.09. The molecule has 0 atom stereocenters. The van der Waals surface area contributed by atoms with Crippen molar-refractivity contribution in [2.24, 2.45) is 5.73 Å². The molecule has 0 saturated carbocycles. The van der Waals surface area contributed by atoms with Crippen LogP contribution in [0, 0.1) is 0 Å². The third kappa shape index (κ3) is 3.22. The second-order valence-corrected chi connectivity index (χ2v) is 4.63. The Morgan fingerprint density at radius 1 is 1.30 bits per heavy atom. The smallest absolute Gasteiger partial charge is 0.248 e. The molecule has 0 unspecified atom stereocenters. The Balaban J connectivity index is 2.18. The summed E-state index contributed by atoms with van der Waals surface area (Å²) in [5, 5.41) is 3.71. The molecule has 0 radical (unpaired) electrons. The summed E-state index contributed by atoms with van der Waals surface area (Å²) in [7, 11) is 1.62. The number of carbonyl (C=O) groups is 1. The Kier molecular flexibility index (Phi) is 4.48. The summed E-state index contributed by atoms with van der Waals surface area (Å²) in [5.41, 5.74) is 7.33. The van der Waals surface area contributed by atoms with Crippen LogP contribution in [0.1, 0.15) is 15.9 Å². The third-order valence-corrected chi connectivity index (χ3v) is 3.24. The molecule has 5 heteroatoms. The number of rotatable bonds is 5. The summed E-state index contributed by atoms with van der Waals surface area (Å²) in [6.45, 7) is 0.534. The molecule has 0 aliphatic carbocycles. The van der Waals surface area contributed by atoms with Crippen molar-refractivity contribution in [1.29, 1.82) is 0 Å². The predicted octanol–water partition coefficient (Wildman–Crippen LogP) is 3.06. The molecule has 20 heavy (non-hydrogen) atoms. The molecule has 3 N–H and O–H groups in total. The van der Waals surface area contributed by atoms with Crippen molar-refractivity contribution in [1.82, 2.24) is 0 Å². The lowest BCUT2D eigenvalue weighted by molar-refractivity contribution is 0.100. The largest absolute Gasteiger partial charge is 0.496 e.